The largest absolute Gasteiger partial charge is 0.466 e. The minimum Gasteiger partial charge on any atom is -0.466 e. The lowest BCUT2D eigenvalue weighted by atomic mass is 10.0. The zero-order valence-corrected chi connectivity index (χ0v) is 34.5. The van der Waals surface area contributed by atoms with Crippen LogP contribution in [0.3, 0.4) is 0 Å². The Bertz CT molecular complexity index is 813. The Morgan fingerprint density at radius 3 is 1.40 bits per heavy atom. The van der Waals surface area contributed by atoms with Gasteiger partial charge >= 0.3 is 5.97 Å². The van der Waals surface area contributed by atoms with E-state index in [1.54, 1.807) is 6.08 Å². The number of aliphatic hydroxyl groups is 2. The minimum absolute atomic E-state index is 0.0359. The van der Waals surface area contributed by atoms with Crippen molar-refractivity contribution in [2.24, 2.45) is 0 Å². The van der Waals surface area contributed by atoms with E-state index < -0.39 is 12.1 Å². The van der Waals surface area contributed by atoms with Crippen LogP contribution in [0.1, 0.15) is 232 Å². The molecule has 2 unspecified atom stereocenters. The van der Waals surface area contributed by atoms with E-state index in [1.165, 1.54) is 135 Å². The topological polar surface area (TPSA) is 95.9 Å². The van der Waals surface area contributed by atoms with Gasteiger partial charge in [-0.2, -0.15) is 0 Å². The second-order valence-electron chi connectivity index (χ2n) is 15.4. The molecule has 306 valence electrons. The molecule has 6 heteroatoms. The molecule has 0 aromatic carbocycles. The summed E-state index contributed by atoms with van der Waals surface area (Å²) in [6, 6.07) is -0.662. The Balaban J connectivity index is 3.55. The molecule has 0 saturated carbocycles. The molecule has 52 heavy (non-hydrogen) atoms. The van der Waals surface area contributed by atoms with E-state index in [-0.39, 0.29) is 18.5 Å². The number of hydrogen-bond donors (Lipinski definition) is 3. The van der Waals surface area contributed by atoms with Crippen molar-refractivity contribution in [3.63, 3.8) is 0 Å². The van der Waals surface area contributed by atoms with Crippen LogP contribution in [0.25, 0.3) is 0 Å². The number of esters is 1. The van der Waals surface area contributed by atoms with Gasteiger partial charge in [0.2, 0.25) is 5.91 Å². The quantitative estimate of drug-likeness (QED) is 0.0330. The summed E-state index contributed by atoms with van der Waals surface area (Å²) in [5.41, 5.74) is 0. The second-order valence-corrected chi connectivity index (χ2v) is 15.4. The van der Waals surface area contributed by atoms with E-state index >= 15 is 0 Å². The first-order valence-corrected chi connectivity index (χ1v) is 22.6. The number of amides is 1. The van der Waals surface area contributed by atoms with Gasteiger partial charge in [0.25, 0.3) is 0 Å². The molecule has 0 aliphatic heterocycles. The van der Waals surface area contributed by atoms with Crippen LogP contribution in [0.2, 0.25) is 0 Å². The number of carbonyl (C=O) groups is 2. The van der Waals surface area contributed by atoms with Gasteiger partial charge < -0.3 is 20.3 Å². The number of nitrogens with one attached hydrogen (secondary N) is 1. The Hall–Kier alpha value is -1.66. The molecule has 0 saturated heterocycles. The number of aliphatic hydroxyl groups excluding tert-OH is 2. The molecule has 0 bridgehead atoms. The van der Waals surface area contributed by atoms with Gasteiger partial charge in [0.15, 0.2) is 0 Å². The lowest BCUT2D eigenvalue weighted by Gasteiger charge is -2.19. The monoisotopic (exact) mass is 734 g/mol. The summed E-state index contributed by atoms with van der Waals surface area (Å²) < 4.78 is 5.43. The van der Waals surface area contributed by atoms with E-state index in [9.17, 15) is 19.8 Å². The van der Waals surface area contributed by atoms with Crippen LogP contribution in [-0.4, -0.2) is 47.4 Å². The molecule has 0 aliphatic carbocycles. The van der Waals surface area contributed by atoms with Gasteiger partial charge in [-0.1, -0.05) is 192 Å². The standard InChI is InChI=1S/C46H87NO5/c1-3-5-7-9-11-13-15-16-17-18-19-20-24-28-32-36-40-46(51)52-41-37-33-29-25-21-23-27-31-35-39-45(50)47-43(42-48)44(49)38-34-30-26-22-14-12-10-8-6-4-2/h23,27,34,38,43-44,48-49H,3-22,24-26,28-33,35-37,39-42H2,1-2H3,(H,47,50)/b27-23-,38-34+. The molecule has 0 fully saturated rings. The van der Waals surface area contributed by atoms with Crippen molar-refractivity contribution < 1.29 is 24.5 Å². The van der Waals surface area contributed by atoms with Crippen molar-refractivity contribution in [1.82, 2.24) is 5.32 Å². The van der Waals surface area contributed by atoms with Crippen molar-refractivity contribution in [2.75, 3.05) is 13.2 Å². The molecule has 1 amide bonds. The maximum Gasteiger partial charge on any atom is 0.305 e. The average Bonchev–Trinajstić information content (AvgIpc) is 3.14. The first-order valence-electron chi connectivity index (χ1n) is 22.6. The maximum atomic E-state index is 12.3. The molecular weight excluding hydrogens is 647 g/mol. The normalized spacial score (nSPS) is 12.9. The van der Waals surface area contributed by atoms with E-state index in [1.807, 2.05) is 6.08 Å². The van der Waals surface area contributed by atoms with E-state index in [4.69, 9.17) is 4.74 Å². The molecule has 0 rings (SSSR count). The van der Waals surface area contributed by atoms with E-state index in [0.717, 1.165) is 70.6 Å². The summed E-state index contributed by atoms with van der Waals surface area (Å²) in [7, 11) is 0. The molecule has 2 atom stereocenters. The highest BCUT2D eigenvalue weighted by Gasteiger charge is 2.17. The van der Waals surface area contributed by atoms with Crippen molar-refractivity contribution in [3.8, 4) is 0 Å². The molecule has 6 nitrogen and oxygen atoms in total. The van der Waals surface area contributed by atoms with Crippen LogP contribution >= 0.6 is 0 Å². The number of allylic oxidation sites excluding steroid dienone is 3. The van der Waals surface area contributed by atoms with Crippen LogP contribution < -0.4 is 5.32 Å². The molecule has 0 heterocycles. The van der Waals surface area contributed by atoms with Crippen molar-refractivity contribution in [2.45, 2.75) is 244 Å². The predicted octanol–water partition coefficient (Wildman–Crippen LogP) is 12.8. The molecule has 0 aromatic rings. The SMILES string of the molecule is CCCCCCCCCC/C=C/C(O)C(CO)NC(=O)CCC/C=C\CCCCCCOC(=O)CCCCCCCCCCCCCCCCCC. The Morgan fingerprint density at radius 1 is 0.519 bits per heavy atom. The first-order chi connectivity index (χ1) is 25.5. The molecule has 0 aromatic heterocycles. The molecule has 3 N–H and O–H groups in total. The number of hydrogen-bond acceptors (Lipinski definition) is 5. The summed E-state index contributed by atoms with van der Waals surface area (Å²) >= 11 is 0. The number of carbonyl (C=O) groups excluding carboxylic acids is 2. The fourth-order valence-corrected chi connectivity index (χ4v) is 6.69. The molecule has 0 aliphatic rings. The van der Waals surface area contributed by atoms with Crippen LogP contribution in [-0.2, 0) is 14.3 Å². The smallest absolute Gasteiger partial charge is 0.305 e. The summed E-state index contributed by atoms with van der Waals surface area (Å²) in [5.74, 6) is -0.167. The third kappa shape index (κ3) is 38.1. The molecule has 0 spiro atoms. The van der Waals surface area contributed by atoms with Crippen molar-refractivity contribution in [3.05, 3.63) is 24.3 Å². The van der Waals surface area contributed by atoms with Gasteiger partial charge in [-0.05, 0) is 51.4 Å². The van der Waals surface area contributed by atoms with Gasteiger partial charge in [0.1, 0.15) is 0 Å². The number of ether oxygens (including phenoxy) is 1. The fraction of sp³-hybridized carbons (Fsp3) is 0.870. The van der Waals surface area contributed by atoms with Gasteiger partial charge in [0, 0.05) is 12.8 Å². The van der Waals surface area contributed by atoms with Crippen LogP contribution in [0, 0.1) is 0 Å². The maximum absolute atomic E-state index is 12.3. The Morgan fingerprint density at radius 2 is 0.923 bits per heavy atom. The molecule has 0 radical (unpaired) electrons. The average molecular weight is 734 g/mol. The third-order valence-electron chi connectivity index (χ3n) is 10.2. The van der Waals surface area contributed by atoms with E-state index in [0.29, 0.717) is 19.4 Å². The molecular formula is C46H87NO5. The fourth-order valence-electron chi connectivity index (χ4n) is 6.69. The van der Waals surface area contributed by atoms with Crippen LogP contribution in [0.5, 0.6) is 0 Å². The summed E-state index contributed by atoms with van der Waals surface area (Å²) in [4.78, 5) is 24.3. The highest BCUT2D eigenvalue weighted by molar-refractivity contribution is 5.76. The van der Waals surface area contributed by atoms with Gasteiger partial charge in [-0.3, -0.25) is 9.59 Å². The summed E-state index contributed by atoms with van der Waals surface area (Å²) in [6.45, 7) is 4.78. The zero-order valence-electron chi connectivity index (χ0n) is 34.5. The lowest BCUT2D eigenvalue weighted by molar-refractivity contribution is -0.143. The third-order valence-corrected chi connectivity index (χ3v) is 10.2. The zero-order chi connectivity index (χ0) is 38.0. The Labute approximate surface area is 322 Å². The summed E-state index contributed by atoms with van der Waals surface area (Å²) in [6.07, 6.45) is 47.5. The number of rotatable bonds is 41. The summed E-state index contributed by atoms with van der Waals surface area (Å²) in [5, 5.41) is 22.8. The van der Waals surface area contributed by atoms with Crippen molar-refractivity contribution >= 4 is 11.9 Å². The lowest BCUT2D eigenvalue weighted by Crippen LogP contribution is -2.45. The van der Waals surface area contributed by atoms with E-state index in [2.05, 4.69) is 31.3 Å². The first kappa shape index (κ1) is 50.3. The highest BCUT2D eigenvalue weighted by Crippen LogP contribution is 2.15. The van der Waals surface area contributed by atoms with Crippen LogP contribution in [0.4, 0.5) is 0 Å². The van der Waals surface area contributed by atoms with Crippen LogP contribution in [0.15, 0.2) is 24.3 Å². The van der Waals surface area contributed by atoms with Gasteiger partial charge in [0.05, 0.1) is 25.4 Å². The van der Waals surface area contributed by atoms with Gasteiger partial charge in [-0.15, -0.1) is 0 Å². The van der Waals surface area contributed by atoms with Crippen molar-refractivity contribution in [1.29, 1.82) is 0 Å². The second kappa shape index (κ2) is 42.1. The Kier molecular flexibility index (Phi) is 40.7. The highest BCUT2D eigenvalue weighted by atomic mass is 16.5. The number of unbranched alkanes of at least 4 members (excludes halogenated alkanes) is 28. The minimum atomic E-state index is -0.872. The predicted molar refractivity (Wildman–Crippen MR) is 223 cm³/mol. The van der Waals surface area contributed by atoms with Gasteiger partial charge in [-0.25, -0.2) is 0 Å².